The molecule has 0 N–H and O–H groups in total. The van der Waals surface area contributed by atoms with Crippen LogP contribution in [0.2, 0.25) is 16.3 Å². The summed E-state index contributed by atoms with van der Waals surface area (Å²) in [6.07, 6.45) is 9.60. The largest absolute Gasteiger partial charge is 1.00 e. The molecule has 5 unspecified atom stereocenters. The SMILES string of the molecule is Cc1cc(C)cc([Si](C)(c2cc(C)cc(C)c2)C2C(C)[CH]([Ti+3])C3C=CC=CC32)c1.[Cl-].[Cl-].[Cl-]. The first kappa shape index (κ1) is 29.8. The normalized spacial score (nSPS) is 25.9. The van der Waals surface area contributed by atoms with Crippen LogP contribution in [0.4, 0.5) is 0 Å². The number of fused-ring (bicyclic) bond motifs is 1. The van der Waals surface area contributed by atoms with Gasteiger partial charge in [-0.1, -0.05) is 0 Å². The van der Waals surface area contributed by atoms with Crippen LogP contribution in [0.5, 0.6) is 0 Å². The summed E-state index contributed by atoms with van der Waals surface area (Å²) in [5.74, 6) is 2.06. The van der Waals surface area contributed by atoms with Gasteiger partial charge in [-0.2, -0.15) is 0 Å². The van der Waals surface area contributed by atoms with E-state index in [-0.39, 0.29) is 37.2 Å². The van der Waals surface area contributed by atoms with Crippen LogP contribution in [0.1, 0.15) is 29.2 Å². The van der Waals surface area contributed by atoms with E-state index in [2.05, 4.69) is 122 Å². The maximum Gasteiger partial charge on any atom is -1.00 e. The Morgan fingerprint density at radius 3 is 1.44 bits per heavy atom. The Morgan fingerprint density at radius 2 is 1.03 bits per heavy atom. The molecule has 32 heavy (non-hydrogen) atoms. The zero-order chi connectivity index (χ0) is 20.9. The van der Waals surface area contributed by atoms with Crippen molar-refractivity contribution in [3.63, 3.8) is 0 Å². The van der Waals surface area contributed by atoms with Gasteiger partial charge in [0.25, 0.3) is 0 Å². The summed E-state index contributed by atoms with van der Waals surface area (Å²) in [6, 6.07) is 14.7. The molecule has 0 aliphatic heterocycles. The molecule has 0 saturated heterocycles. The van der Waals surface area contributed by atoms with Gasteiger partial charge in [-0.15, -0.1) is 0 Å². The number of aryl methyl sites for hydroxylation is 4. The molecular weight excluding hydrogens is 507 g/mol. The predicted molar refractivity (Wildman–Crippen MR) is 125 cm³/mol. The van der Waals surface area contributed by atoms with E-state index in [4.69, 9.17) is 0 Å². The fourth-order valence-electron chi connectivity index (χ4n) is 6.30. The van der Waals surface area contributed by atoms with Gasteiger partial charge >= 0.3 is 191 Å². The van der Waals surface area contributed by atoms with Gasteiger partial charge in [0.15, 0.2) is 0 Å². The number of hydrogen-bond acceptors (Lipinski definition) is 0. The fourth-order valence-corrected chi connectivity index (χ4v) is 13.0. The molecule has 2 aliphatic rings. The smallest absolute Gasteiger partial charge is 1.00 e. The fraction of sp³-hybridized carbons (Fsp3) is 0.407. The monoisotopic (exact) mass is 538 g/mol. The minimum atomic E-state index is -1.99. The molecule has 0 radical (unpaired) electrons. The van der Waals surface area contributed by atoms with Crippen LogP contribution in [-0.2, 0) is 20.4 Å². The molecule has 4 rings (SSSR count). The summed E-state index contributed by atoms with van der Waals surface area (Å²) < 4.78 is 0.731. The van der Waals surface area contributed by atoms with E-state index in [9.17, 15) is 0 Å². The molecule has 170 valence electrons. The van der Waals surface area contributed by atoms with E-state index >= 15 is 0 Å². The minimum Gasteiger partial charge on any atom is -1.00 e. The van der Waals surface area contributed by atoms with E-state index in [1.807, 2.05) is 0 Å². The first-order valence-electron chi connectivity index (χ1n) is 11.0. The maximum absolute atomic E-state index is 2.66. The predicted octanol–water partition coefficient (Wildman–Crippen LogP) is -3.16. The molecule has 0 heterocycles. The molecule has 0 amide bonds. The summed E-state index contributed by atoms with van der Waals surface area (Å²) in [5, 5.41) is 3.24. The molecule has 0 bridgehead atoms. The molecule has 0 spiro atoms. The van der Waals surface area contributed by atoms with Crippen molar-refractivity contribution in [1.29, 1.82) is 0 Å². The van der Waals surface area contributed by atoms with Gasteiger partial charge in [-0.05, 0) is 0 Å². The van der Waals surface area contributed by atoms with Crippen molar-refractivity contribution in [2.45, 2.75) is 50.9 Å². The van der Waals surface area contributed by atoms with Crippen molar-refractivity contribution in [3.05, 3.63) is 83.0 Å². The molecule has 2 aliphatic carbocycles. The van der Waals surface area contributed by atoms with Crippen LogP contribution in [-0.4, -0.2) is 8.07 Å². The van der Waals surface area contributed by atoms with Crippen LogP contribution >= 0.6 is 0 Å². The molecular formula is C27H33Cl3SiTi. The molecule has 5 heteroatoms. The number of halogens is 3. The van der Waals surface area contributed by atoms with Gasteiger partial charge in [-0.25, -0.2) is 0 Å². The van der Waals surface area contributed by atoms with E-state index in [0.717, 1.165) is 10.1 Å². The Kier molecular flexibility index (Phi) is 10.6. The Morgan fingerprint density at radius 1 is 0.656 bits per heavy atom. The molecule has 0 nitrogen and oxygen atoms in total. The Labute approximate surface area is 226 Å². The molecule has 1 fully saturated rings. The zero-order valence-corrected chi connectivity index (χ0v) is 24.6. The van der Waals surface area contributed by atoms with Crippen molar-refractivity contribution in [2.24, 2.45) is 17.8 Å². The number of allylic oxidation sites excluding steroid dienone is 4. The topological polar surface area (TPSA) is 0 Å². The molecule has 5 atom stereocenters. The van der Waals surface area contributed by atoms with Gasteiger partial charge in [0, 0.05) is 0 Å². The molecule has 1 saturated carbocycles. The third-order valence-corrected chi connectivity index (χ3v) is 14.1. The minimum absolute atomic E-state index is 0. The average Bonchev–Trinajstić information content (AvgIpc) is 2.91. The van der Waals surface area contributed by atoms with E-state index in [0.29, 0.717) is 17.4 Å². The van der Waals surface area contributed by atoms with Gasteiger partial charge < -0.3 is 37.2 Å². The van der Waals surface area contributed by atoms with Crippen molar-refractivity contribution >= 4 is 18.4 Å². The second kappa shape index (κ2) is 11.4. The van der Waals surface area contributed by atoms with Crippen LogP contribution in [0.15, 0.2) is 60.7 Å². The van der Waals surface area contributed by atoms with Crippen LogP contribution in [0.3, 0.4) is 0 Å². The Hall–Kier alpha value is -0.279. The van der Waals surface area contributed by atoms with Crippen LogP contribution < -0.4 is 47.6 Å². The van der Waals surface area contributed by atoms with Crippen molar-refractivity contribution < 1.29 is 57.7 Å². The third kappa shape index (κ3) is 5.19. The standard InChI is InChI=1S/C27H33Si.3ClH.Ti/c1-18-11-19(2)14-24(13-18)28(6,25-15-20(3)12-21(4)16-25)27-22(5)17-23-9-7-8-10-26(23)27;;;;/h7-17,22-23,26-27H,1-6H3;3*1H;/q;;;;+3/p-3. The van der Waals surface area contributed by atoms with E-state index < -0.39 is 8.07 Å². The van der Waals surface area contributed by atoms with Gasteiger partial charge in [0.1, 0.15) is 0 Å². The van der Waals surface area contributed by atoms with Crippen molar-refractivity contribution in [3.8, 4) is 0 Å². The Balaban J connectivity index is 0.00000171. The average molecular weight is 540 g/mol. The Bertz CT molecular complexity index is 908. The van der Waals surface area contributed by atoms with Crippen molar-refractivity contribution in [1.82, 2.24) is 0 Å². The number of rotatable bonds is 3. The molecule has 2 aromatic rings. The summed E-state index contributed by atoms with van der Waals surface area (Å²) >= 11 is 2.49. The molecule has 2 aromatic carbocycles. The second-order valence-electron chi connectivity index (χ2n) is 9.79. The van der Waals surface area contributed by atoms with E-state index in [1.165, 1.54) is 22.3 Å². The molecule has 0 aromatic heterocycles. The maximum atomic E-state index is 2.66. The van der Waals surface area contributed by atoms with E-state index in [1.54, 1.807) is 10.4 Å². The first-order valence-corrected chi connectivity index (χ1v) is 14.4. The van der Waals surface area contributed by atoms with Gasteiger partial charge in [0.2, 0.25) is 0 Å². The summed E-state index contributed by atoms with van der Waals surface area (Å²) in [5.41, 5.74) is 6.32. The van der Waals surface area contributed by atoms with Gasteiger partial charge in [0.05, 0.1) is 0 Å². The first-order chi connectivity index (χ1) is 13.7. The summed E-state index contributed by atoms with van der Waals surface area (Å²) in [4.78, 5) is 0. The third-order valence-electron chi connectivity index (χ3n) is 7.49. The number of benzene rings is 2. The quantitative estimate of drug-likeness (QED) is 0.362. The summed E-state index contributed by atoms with van der Waals surface area (Å²) in [6.45, 7) is 14.3. The number of hydrogen-bond donors (Lipinski definition) is 0. The van der Waals surface area contributed by atoms with Gasteiger partial charge in [-0.3, -0.25) is 0 Å². The summed E-state index contributed by atoms with van der Waals surface area (Å²) in [7, 11) is -1.99. The van der Waals surface area contributed by atoms with Crippen LogP contribution in [0.25, 0.3) is 0 Å². The van der Waals surface area contributed by atoms with Crippen molar-refractivity contribution in [2.75, 3.05) is 0 Å². The second-order valence-corrected chi connectivity index (χ2v) is 15.1. The zero-order valence-electron chi connectivity index (χ0n) is 19.8. The van der Waals surface area contributed by atoms with Crippen LogP contribution in [0, 0.1) is 45.4 Å².